The summed E-state index contributed by atoms with van der Waals surface area (Å²) in [7, 11) is 2.19. The van der Waals surface area contributed by atoms with E-state index in [9.17, 15) is 9.18 Å². The van der Waals surface area contributed by atoms with E-state index in [1.807, 2.05) is 0 Å². The molecule has 1 aliphatic heterocycles. The van der Waals surface area contributed by atoms with Crippen molar-refractivity contribution in [1.82, 2.24) is 9.80 Å². The minimum absolute atomic E-state index is 0.319. The number of piperazine rings is 1. The molecule has 0 amide bonds. The Morgan fingerprint density at radius 3 is 2.05 bits per heavy atom. The Kier molecular flexibility index (Phi) is 6.67. The maximum atomic E-state index is 12.1. The van der Waals surface area contributed by atoms with Crippen LogP contribution in [0.2, 0.25) is 0 Å². The van der Waals surface area contributed by atoms with E-state index in [1.165, 1.54) is 50.4 Å². The zero-order valence-electron chi connectivity index (χ0n) is 12.0. The molecule has 0 aliphatic carbocycles. The number of benzene rings is 1. The topological polar surface area (TPSA) is 23.6 Å². The lowest BCUT2D eigenvalue weighted by Crippen LogP contribution is -2.47. The molecule has 0 N–H and O–H groups in total. The molecule has 2 rings (SSSR count). The quantitative estimate of drug-likeness (QED) is 0.767. The first-order valence-electron chi connectivity index (χ1n) is 6.66. The number of hydrogen-bond donors (Lipinski definition) is 0. The molecule has 0 bridgehead atoms. The lowest BCUT2D eigenvalue weighted by atomic mass is 10.2. The molecular weight excluding hydrogens is 243 g/mol. The highest BCUT2D eigenvalue weighted by atomic mass is 19.1. The van der Waals surface area contributed by atoms with Gasteiger partial charge in [-0.2, -0.15) is 0 Å². The number of nitrogens with zero attached hydrogens (tertiary/aromatic N) is 2. The van der Waals surface area contributed by atoms with Crippen LogP contribution in [0.3, 0.4) is 0 Å². The summed E-state index contributed by atoms with van der Waals surface area (Å²) in [6.07, 6.45) is 0.680. The van der Waals surface area contributed by atoms with Crippen molar-refractivity contribution in [3.05, 3.63) is 35.6 Å². The monoisotopic (exact) mass is 266 g/mol. The third kappa shape index (κ3) is 5.94. The summed E-state index contributed by atoms with van der Waals surface area (Å²) in [6, 6.07) is 6.10. The second-order valence-electron chi connectivity index (χ2n) is 5.10. The van der Waals surface area contributed by atoms with Gasteiger partial charge in [-0.15, -0.1) is 0 Å². The summed E-state index contributed by atoms with van der Waals surface area (Å²) in [6.45, 7) is 9.50. The highest BCUT2D eigenvalue weighted by Gasteiger charge is 2.15. The van der Waals surface area contributed by atoms with E-state index in [0.29, 0.717) is 11.8 Å². The van der Waals surface area contributed by atoms with Crippen LogP contribution in [0, 0.1) is 5.82 Å². The molecule has 1 fully saturated rings. The van der Waals surface area contributed by atoms with Crippen molar-refractivity contribution in [3.8, 4) is 0 Å². The Morgan fingerprint density at radius 2 is 1.63 bits per heavy atom. The molecule has 0 unspecified atom stereocenters. The Morgan fingerprint density at radius 1 is 1.11 bits per heavy atom. The largest absolute Gasteiger partial charge is 0.304 e. The fourth-order valence-electron chi connectivity index (χ4n) is 1.88. The third-order valence-electron chi connectivity index (χ3n) is 3.27. The van der Waals surface area contributed by atoms with Crippen molar-refractivity contribution in [2.45, 2.75) is 19.9 Å². The number of carbonyl (C=O) groups is 1. The van der Waals surface area contributed by atoms with Crippen LogP contribution in [-0.2, 0) is 0 Å². The second kappa shape index (κ2) is 8.02. The SMILES string of the molecule is CC(C)N1CCN(C)CC1.O=Cc1ccc(F)cc1. The third-order valence-corrected chi connectivity index (χ3v) is 3.27. The molecule has 1 aromatic carbocycles. The maximum Gasteiger partial charge on any atom is 0.150 e. The number of aldehydes is 1. The van der Waals surface area contributed by atoms with Crippen LogP contribution in [-0.4, -0.2) is 55.4 Å². The smallest absolute Gasteiger partial charge is 0.150 e. The Balaban J connectivity index is 0.000000191. The van der Waals surface area contributed by atoms with E-state index in [4.69, 9.17) is 0 Å². The molecule has 1 heterocycles. The molecule has 0 aromatic heterocycles. The summed E-state index contributed by atoms with van der Waals surface area (Å²) in [5, 5.41) is 0. The highest BCUT2D eigenvalue weighted by Crippen LogP contribution is 2.03. The van der Waals surface area contributed by atoms with Crippen molar-refractivity contribution >= 4 is 6.29 Å². The number of rotatable bonds is 2. The van der Waals surface area contributed by atoms with E-state index in [-0.39, 0.29) is 5.82 Å². The van der Waals surface area contributed by atoms with E-state index >= 15 is 0 Å². The zero-order chi connectivity index (χ0) is 14.3. The molecule has 1 aromatic rings. The van der Waals surface area contributed by atoms with Gasteiger partial charge in [0.25, 0.3) is 0 Å². The maximum absolute atomic E-state index is 12.1. The van der Waals surface area contributed by atoms with Crippen LogP contribution in [0.4, 0.5) is 4.39 Å². The molecule has 0 radical (unpaired) electrons. The van der Waals surface area contributed by atoms with E-state index in [1.54, 1.807) is 0 Å². The number of carbonyl (C=O) groups excluding carboxylic acids is 1. The summed E-state index contributed by atoms with van der Waals surface area (Å²) in [5.74, 6) is -0.319. The average molecular weight is 266 g/mol. The van der Waals surface area contributed by atoms with Crippen LogP contribution in [0.25, 0.3) is 0 Å². The highest BCUT2D eigenvalue weighted by molar-refractivity contribution is 5.74. The molecule has 0 saturated carbocycles. The van der Waals surface area contributed by atoms with Crippen LogP contribution < -0.4 is 0 Å². The molecule has 106 valence electrons. The van der Waals surface area contributed by atoms with Crippen LogP contribution >= 0.6 is 0 Å². The van der Waals surface area contributed by atoms with Gasteiger partial charge in [-0.25, -0.2) is 4.39 Å². The van der Waals surface area contributed by atoms with Gasteiger partial charge in [0.05, 0.1) is 0 Å². The zero-order valence-corrected chi connectivity index (χ0v) is 12.0. The fourth-order valence-corrected chi connectivity index (χ4v) is 1.88. The summed E-state index contributed by atoms with van der Waals surface area (Å²) < 4.78 is 12.1. The number of hydrogen-bond acceptors (Lipinski definition) is 3. The van der Waals surface area contributed by atoms with Crippen LogP contribution in [0.5, 0.6) is 0 Å². The minimum Gasteiger partial charge on any atom is -0.304 e. The average Bonchev–Trinajstić information content (AvgIpc) is 2.41. The predicted molar refractivity (Wildman–Crippen MR) is 76.0 cm³/mol. The lowest BCUT2D eigenvalue weighted by molar-refractivity contribution is 0.112. The number of halogens is 1. The molecule has 19 heavy (non-hydrogen) atoms. The molecule has 1 saturated heterocycles. The van der Waals surface area contributed by atoms with E-state index in [2.05, 4.69) is 30.7 Å². The Labute approximate surface area is 115 Å². The summed E-state index contributed by atoms with van der Waals surface area (Å²) >= 11 is 0. The van der Waals surface area contributed by atoms with Gasteiger partial charge in [0.15, 0.2) is 0 Å². The summed E-state index contributed by atoms with van der Waals surface area (Å²) in [5.41, 5.74) is 0.497. The Bertz CT molecular complexity index is 370. The standard InChI is InChI=1S/C8H18N2.C7H5FO/c1-8(2)10-6-4-9(3)5-7-10;8-7-3-1-6(5-9)2-4-7/h8H,4-7H2,1-3H3;1-5H. The summed E-state index contributed by atoms with van der Waals surface area (Å²) in [4.78, 5) is 14.9. The van der Waals surface area contributed by atoms with Gasteiger partial charge in [0.1, 0.15) is 12.1 Å². The van der Waals surface area contributed by atoms with Gasteiger partial charge < -0.3 is 4.90 Å². The van der Waals surface area contributed by atoms with Crippen LogP contribution in [0.15, 0.2) is 24.3 Å². The van der Waals surface area contributed by atoms with Gasteiger partial charge in [0.2, 0.25) is 0 Å². The van der Waals surface area contributed by atoms with E-state index in [0.717, 1.165) is 6.04 Å². The molecule has 0 atom stereocenters. The first-order valence-corrected chi connectivity index (χ1v) is 6.66. The second-order valence-corrected chi connectivity index (χ2v) is 5.10. The van der Waals surface area contributed by atoms with E-state index < -0.39 is 0 Å². The Hall–Kier alpha value is -1.26. The molecule has 1 aliphatic rings. The lowest BCUT2D eigenvalue weighted by Gasteiger charge is -2.34. The van der Waals surface area contributed by atoms with Crippen LogP contribution in [0.1, 0.15) is 24.2 Å². The fraction of sp³-hybridized carbons (Fsp3) is 0.533. The first-order chi connectivity index (χ1) is 9.02. The molecular formula is C15H23FN2O. The van der Waals surface area contributed by atoms with Crippen molar-refractivity contribution in [2.24, 2.45) is 0 Å². The molecule has 0 spiro atoms. The first kappa shape index (κ1) is 15.8. The number of likely N-dealkylation sites (N-methyl/N-ethyl adjacent to an activating group) is 1. The molecule has 3 nitrogen and oxygen atoms in total. The van der Waals surface area contributed by atoms with Crippen molar-refractivity contribution in [3.63, 3.8) is 0 Å². The predicted octanol–water partition coefficient (Wildman–Crippen LogP) is 2.28. The van der Waals surface area contributed by atoms with Gasteiger partial charge in [-0.1, -0.05) is 0 Å². The minimum atomic E-state index is -0.319. The normalized spacial score (nSPS) is 16.9. The van der Waals surface area contributed by atoms with Gasteiger partial charge in [-0.3, -0.25) is 9.69 Å². The van der Waals surface area contributed by atoms with Gasteiger partial charge in [-0.05, 0) is 45.2 Å². The van der Waals surface area contributed by atoms with Crippen molar-refractivity contribution in [2.75, 3.05) is 33.2 Å². The van der Waals surface area contributed by atoms with Gasteiger partial charge >= 0.3 is 0 Å². The molecule has 4 heteroatoms. The van der Waals surface area contributed by atoms with Crippen molar-refractivity contribution < 1.29 is 9.18 Å². The van der Waals surface area contributed by atoms with Gasteiger partial charge in [0, 0.05) is 37.8 Å². The van der Waals surface area contributed by atoms with Crippen molar-refractivity contribution in [1.29, 1.82) is 0 Å².